The summed E-state index contributed by atoms with van der Waals surface area (Å²) in [5.74, 6) is 3.25. The molecule has 2 aromatic rings. The van der Waals surface area contributed by atoms with E-state index in [1.807, 2.05) is 30.0 Å². The van der Waals surface area contributed by atoms with Gasteiger partial charge in [0.15, 0.2) is 0 Å². The zero-order valence-electron chi connectivity index (χ0n) is 10.5. The van der Waals surface area contributed by atoms with Gasteiger partial charge in [-0.1, -0.05) is 6.92 Å². The van der Waals surface area contributed by atoms with E-state index < -0.39 is 0 Å². The second kappa shape index (κ2) is 6.44. The summed E-state index contributed by atoms with van der Waals surface area (Å²) < 4.78 is 0. The van der Waals surface area contributed by atoms with Gasteiger partial charge >= 0.3 is 0 Å². The van der Waals surface area contributed by atoms with Gasteiger partial charge in [0.2, 0.25) is 0 Å². The molecule has 0 radical (unpaired) electrons. The van der Waals surface area contributed by atoms with Gasteiger partial charge in [-0.3, -0.25) is 0 Å². The zero-order valence-corrected chi connectivity index (χ0v) is 11.3. The molecule has 1 aromatic heterocycles. The topological polar surface area (TPSA) is 63.8 Å². The Labute approximate surface area is 111 Å². The third-order valence-electron chi connectivity index (χ3n) is 2.62. The van der Waals surface area contributed by atoms with Crippen LogP contribution in [0, 0.1) is 0 Å². The number of benzene rings is 1. The van der Waals surface area contributed by atoms with Crippen LogP contribution in [0.15, 0.2) is 24.5 Å². The normalized spacial score (nSPS) is 10.7. The highest BCUT2D eigenvalue weighted by Crippen LogP contribution is 2.21. The Morgan fingerprint density at radius 3 is 3.06 bits per heavy atom. The summed E-state index contributed by atoms with van der Waals surface area (Å²) in [5.41, 5.74) is 7.36. The molecule has 5 heteroatoms. The summed E-state index contributed by atoms with van der Waals surface area (Å²) in [6.07, 6.45) is 2.71. The van der Waals surface area contributed by atoms with Crippen molar-refractivity contribution in [2.75, 3.05) is 29.1 Å². The van der Waals surface area contributed by atoms with Crippen LogP contribution in [0.25, 0.3) is 10.9 Å². The number of nitrogens with two attached hydrogens (primary N) is 1. The zero-order chi connectivity index (χ0) is 12.8. The molecule has 96 valence electrons. The summed E-state index contributed by atoms with van der Waals surface area (Å²) in [7, 11) is 0. The van der Waals surface area contributed by atoms with Gasteiger partial charge in [0.1, 0.15) is 12.1 Å². The predicted molar refractivity (Wildman–Crippen MR) is 80.1 cm³/mol. The van der Waals surface area contributed by atoms with Crippen molar-refractivity contribution in [3.63, 3.8) is 0 Å². The van der Waals surface area contributed by atoms with Crippen molar-refractivity contribution in [1.29, 1.82) is 0 Å². The fourth-order valence-electron chi connectivity index (χ4n) is 1.74. The Kier molecular flexibility index (Phi) is 4.64. The van der Waals surface area contributed by atoms with Crippen LogP contribution in [0.4, 0.5) is 11.5 Å². The maximum absolute atomic E-state index is 5.75. The fourth-order valence-corrected chi connectivity index (χ4v) is 2.38. The van der Waals surface area contributed by atoms with Crippen molar-refractivity contribution in [2.24, 2.45) is 0 Å². The molecule has 0 bridgehead atoms. The van der Waals surface area contributed by atoms with E-state index in [0.717, 1.165) is 35.4 Å². The summed E-state index contributed by atoms with van der Waals surface area (Å²) in [5, 5.41) is 4.38. The average molecular weight is 262 g/mol. The van der Waals surface area contributed by atoms with Crippen LogP contribution in [0.2, 0.25) is 0 Å². The first-order valence-electron chi connectivity index (χ1n) is 6.13. The van der Waals surface area contributed by atoms with Gasteiger partial charge in [-0.15, -0.1) is 0 Å². The molecule has 0 unspecified atom stereocenters. The van der Waals surface area contributed by atoms with Crippen LogP contribution in [0.3, 0.4) is 0 Å². The summed E-state index contributed by atoms with van der Waals surface area (Å²) in [6, 6.07) is 5.72. The number of anilines is 2. The molecule has 0 atom stereocenters. The van der Waals surface area contributed by atoms with Crippen LogP contribution in [0.5, 0.6) is 0 Å². The first kappa shape index (κ1) is 13.0. The molecule has 0 aliphatic heterocycles. The number of rotatable bonds is 6. The van der Waals surface area contributed by atoms with Gasteiger partial charge in [-0.05, 0) is 36.1 Å². The van der Waals surface area contributed by atoms with Crippen molar-refractivity contribution in [3.05, 3.63) is 24.5 Å². The molecule has 0 saturated carbocycles. The highest BCUT2D eigenvalue weighted by molar-refractivity contribution is 7.99. The maximum Gasteiger partial charge on any atom is 0.137 e. The minimum absolute atomic E-state index is 0.728. The van der Waals surface area contributed by atoms with Gasteiger partial charge < -0.3 is 11.1 Å². The van der Waals surface area contributed by atoms with Gasteiger partial charge in [0.25, 0.3) is 0 Å². The van der Waals surface area contributed by atoms with Crippen LogP contribution in [0.1, 0.15) is 13.3 Å². The number of nitrogens with one attached hydrogen (secondary N) is 1. The molecular weight excluding hydrogens is 244 g/mol. The Morgan fingerprint density at radius 2 is 2.22 bits per heavy atom. The van der Waals surface area contributed by atoms with Crippen LogP contribution in [-0.2, 0) is 0 Å². The van der Waals surface area contributed by atoms with Gasteiger partial charge in [0.05, 0.1) is 5.52 Å². The molecule has 0 aliphatic rings. The Balaban J connectivity index is 2.04. The first-order valence-corrected chi connectivity index (χ1v) is 7.28. The molecule has 18 heavy (non-hydrogen) atoms. The molecule has 0 saturated heterocycles. The predicted octanol–water partition coefficient (Wildman–Crippen LogP) is 2.77. The molecule has 1 aromatic carbocycles. The number of fused-ring (bicyclic) bond motifs is 1. The minimum atomic E-state index is 0.728. The largest absolute Gasteiger partial charge is 0.399 e. The van der Waals surface area contributed by atoms with E-state index in [9.17, 15) is 0 Å². The van der Waals surface area contributed by atoms with E-state index in [1.54, 1.807) is 6.33 Å². The highest BCUT2D eigenvalue weighted by atomic mass is 32.2. The van der Waals surface area contributed by atoms with Gasteiger partial charge in [-0.2, -0.15) is 11.8 Å². The number of nitrogen functional groups attached to an aromatic ring is 1. The number of nitrogens with zero attached hydrogens (tertiary/aromatic N) is 2. The van der Waals surface area contributed by atoms with Crippen molar-refractivity contribution >= 4 is 34.2 Å². The molecule has 2 rings (SSSR count). The lowest BCUT2D eigenvalue weighted by molar-refractivity contribution is 0.981. The second-order valence-corrected chi connectivity index (χ2v) is 5.37. The third kappa shape index (κ3) is 3.26. The smallest absolute Gasteiger partial charge is 0.137 e. The minimum Gasteiger partial charge on any atom is -0.399 e. The lowest BCUT2D eigenvalue weighted by Crippen LogP contribution is -2.05. The van der Waals surface area contributed by atoms with Crippen molar-refractivity contribution in [2.45, 2.75) is 13.3 Å². The second-order valence-electron chi connectivity index (χ2n) is 3.98. The Hall–Kier alpha value is -1.49. The average Bonchev–Trinajstić information content (AvgIpc) is 2.38. The molecule has 3 N–H and O–H groups in total. The Morgan fingerprint density at radius 1 is 1.33 bits per heavy atom. The van der Waals surface area contributed by atoms with Crippen molar-refractivity contribution in [3.8, 4) is 0 Å². The number of hydrogen-bond donors (Lipinski definition) is 2. The van der Waals surface area contributed by atoms with E-state index in [1.165, 1.54) is 11.5 Å². The maximum atomic E-state index is 5.75. The molecule has 1 heterocycles. The number of thioether (sulfide) groups is 1. The molecule has 0 aliphatic carbocycles. The van der Waals surface area contributed by atoms with Crippen LogP contribution in [-0.4, -0.2) is 28.0 Å². The standard InChI is InChI=1S/C13H18N4S/c1-2-18-7-3-6-15-13-11-5-4-10(14)8-12(11)16-9-17-13/h4-5,8-9H,2-3,6-7,14H2,1H3,(H,15,16,17). The van der Waals surface area contributed by atoms with Crippen LogP contribution < -0.4 is 11.1 Å². The van der Waals surface area contributed by atoms with Gasteiger partial charge in [0, 0.05) is 17.6 Å². The summed E-state index contributed by atoms with van der Waals surface area (Å²) >= 11 is 1.96. The van der Waals surface area contributed by atoms with E-state index in [2.05, 4.69) is 22.2 Å². The Bertz CT molecular complexity index is 515. The van der Waals surface area contributed by atoms with E-state index in [-0.39, 0.29) is 0 Å². The number of aromatic nitrogens is 2. The lowest BCUT2D eigenvalue weighted by Gasteiger charge is -2.08. The monoisotopic (exact) mass is 262 g/mol. The molecular formula is C13H18N4S. The van der Waals surface area contributed by atoms with Gasteiger partial charge in [-0.25, -0.2) is 9.97 Å². The molecule has 0 amide bonds. The van der Waals surface area contributed by atoms with E-state index in [4.69, 9.17) is 5.73 Å². The lowest BCUT2D eigenvalue weighted by atomic mass is 10.2. The molecule has 0 fully saturated rings. The molecule has 0 spiro atoms. The number of hydrogen-bond acceptors (Lipinski definition) is 5. The fraction of sp³-hybridized carbons (Fsp3) is 0.385. The van der Waals surface area contributed by atoms with E-state index in [0.29, 0.717) is 0 Å². The quantitative estimate of drug-likeness (QED) is 0.619. The van der Waals surface area contributed by atoms with Crippen LogP contribution >= 0.6 is 11.8 Å². The highest BCUT2D eigenvalue weighted by Gasteiger charge is 2.02. The van der Waals surface area contributed by atoms with E-state index >= 15 is 0 Å². The first-order chi connectivity index (χ1) is 8.81. The SMILES string of the molecule is CCSCCCNc1ncnc2cc(N)ccc12. The summed E-state index contributed by atoms with van der Waals surface area (Å²) in [4.78, 5) is 8.51. The van der Waals surface area contributed by atoms with Crippen molar-refractivity contribution < 1.29 is 0 Å². The molecule has 4 nitrogen and oxygen atoms in total. The third-order valence-corrected chi connectivity index (χ3v) is 3.61. The summed E-state index contributed by atoms with van der Waals surface area (Å²) in [6.45, 7) is 3.11. The van der Waals surface area contributed by atoms with Crippen molar-refractivity contribution in [1.82, 2.24) is 9.97 Å².